The fourth-order valence-corrected chi connectivity index (χ4v) is 4.08. The minimum absolute atomic E-state index is 0.285. The average molecular weight is 409 g/mol. The maximum absolute atomic E-state index is 12.9. The molecular formula is C22H28N6O2. The number of benzene rings is 1. The largest absolute Gasteiger partial charge is 0.332 e. The Morgan fingerprint density at radius 3 is 2.53 bits per heavy atom. The van der Waals surface area contributed by atoms with E-state index in [1.54, 1.807) is 25.0 Å². The molecule has 0 spiro atoms. The van der Waals surface area contributed by atoms with Crippen molar-refractivity contribution in [1.29, 1.82) is 0 Å². The molecule has 3 aromatic heterocycles. The standard InChI is InChI=1S/C22H28N6O2/c1-4-5-6-12-18-24-16-10-7-8-11-17(16)27(18)13-9-14-28-21(29)19-20(23-15-25(19)2)26(3)22(28)30/h7-8,10-11,15H,4-6,9,12-14H2,1-3H3. The third-order valence-electron chi connectivity index (χ3n) is 5.70. The highest BCUT2D eigenvalue weighted by Gasteiger charge is 2.15. The third kappa shape index (κ3) is 3.46. The highest BCUT2D eigenvalue weighted by Crippen LogP contribution is 2.18. The molecule has 0 radical (unpaired) electrons. The smallest absolute Gasteiger partial charge is 0.328 e. The fourth-order valence-electron chi connectivity index (χ4n) is 4.08. The quantitative estimate of drug-likeness (QED) is 0.420. The zero-order valence-electron chi connectivity index (χ0n) is 17.8. The molecule has 1 aromatic carbocycles. The van der Waals surface area contributed by atoms with E-state index in [-0.39, 0.29) is 11.2 Å². The van der Waals surface area contributed by atoms with Crippen LogP contribution in [0.15, 0.2) is 40.2 Å². The number of imidazole rings is 2. The number of aryl methyl sites for hydroxylation is 4. The van der Waals surface area contributed by atoms with Crippen molar-refractivity contribution < 1.29 is 0 Å². The van der Waals surface area contributed by atoms with Gasteiger partial charge in [0.25, 0.3) is 5.56 Å². The second-order valence-electron chi connectivity index (χ2n) is 7.81. The Labute approximate surface area is 174 Å². The van der Waals surface area contributed by atoms with E-state index in [0.29, 0.717) is 30.7 Å². The van der Waals surface area contributed by atoms with Gasteiger partial charge in [0.15, 0.2) is 11.2 Å². The molecule has 30 heavy (non-hydrogen) atoms. The third-order valence-corrected chi connectivity index (χ3v) is 5.70. The van der Waals surface area contributed by atoms with Crippen LogP contribution in [-0.2, 0) is 33.6 Å². The summed E-state index contributed by atoms with van der Waals surface area (Å²) in [7, 11) is 3.43. The summed E-state index contributed by atoms with van der Waals surface area (Å²) in [6.45, 7) is 3.26. The first-order chi connectivity index (χ1) is 14.5. The number of nitrogens with zero attached hydrogens (tertiary/aromatic N) is 6. The zero-order valence-corrected chi connectivity index (χ0v) is 17.8. The Morgan fingerprint density at radius 2 is 1.73 bits per heavy atom. The van der Waals surface area contributed by atoms with Gasteiger partial charge in [-0.3, -0.25) is 13.9 Å². The molecule has 8 nitrogen and oxygen atoms in total. The summed E-state index contributed by atoms with van der Waals surface area (Å²) in [5.74, 6) is 1.08. The highest BCUT2D eigenvalue weighted by molar-refractivity contribution is 5.75. The molecule has 0 atom stereocenters. The van der Waals surface area contributed by atoms with Gasteiger partial charge in [-0.05, 0) is 25.0 Å². The predicted molar refractivity (Wildman–Crippen MR) is 118 cm³/mol. The van der Waals surface area contributed by atoms with Gasteiger partial charge in [0.05, 0.1) is 17.4 Å². The lowest BCUT2D eigenvalue weighted by atomic mass is 10.2. The SMILES string of the molecule is CCCCCc1nc2ccccc2n1CCCn1c(=O)c2c(ncn2C)n(C)c1=O. The van der Waals surface area contributed by atoms with E-state index in [4.69, 9.17) is 4.98 Å². The maximum Gasteiger partial charge on any atom is 0.332 e. The minimum Gasteiger partial charge on any atom is -0.328 e. The number of aromatic nitrogens is 6. The van der Waals surface area contributed by atoms with Crippen LogP contribution in [0.25, 0.3) is 22.2 Å². The Morgan fingerprint density at radius 1 is 0.967 bits per heavy atom. The van der Waals surface area contributed by atoms with Crippen LogP contribution in [0, 0.1) is 0 Å². The zero-order chi connectivity index (χ0) is 21.3. The van der Waals surface area contributed by atoms with Gasteiger partial charge in [0, 0.05) is 33.6 Å². The van der Waals surface area contributed by atoms with E-state index < -0.39 is 0 Å². The van der Waals surface area contributed by atoms with Gasteiger partial charge < -0.3 is 9.13 Å². The van der Waals surface area contributed by atoms with Gasteiger partial charge >= 0.3 is 5.69 Å². The summed E-state index contributed by atoms with van der Waals surface area (Å²) < 4.78 is 6.67. The molecule has 0 amide bonds. The summed E-state index contributed by atoms with van der Waals surface area (Å²) >= 11 is 0. The van der Waals surface area contributed by atoms with Crippen LogP contribution >= 0.6 is 0 Å². The Bertz CT molecular complexity index is 1310. The Hall–Kier alpha value is -3.16. The van der Waals surface area contributed by atoms with Crippen molar-refractivity contribution in [3.05, 3.63) is 57.3 Å². The van der Waals surface area contributed by atoms with Crippen LogP contribution in [0.2, 0.25) is 0 Å². The number of fused-ring (bicyclic) bond motifs is 2. The second kappa shape index (κ2) is 8.30. The van der Waals surface area contributed by atoms with E-state index in [2.05, 4.69) is 22.5 Å². The van der Waals surface area contributed by atoms with Crippen molar-refractivity contribution in [1.82, 2.24) is 28.2 Å². The molecule has 0 N–H and O–H groups in total. The number of rotatable bonds is 8. The summed E-state index contributed by atoms with van der Waals surface area (Å²) in [6, 6.07) is 8.14. The van der Waals surface area contributed by atoms with E-state index in [9.17, 15) is 9.59 Å². The van der Waals surface area contributed by atoms with Crippen LogP contribution in [0.4, 0.5) is 0 Å². The molecule has 0 saturated carbocycles. The van der Waals surface area contributed by atoms with Crippen LogP contribution < -0.4 is 11.2 Å². The summed E-state index contributed by atoms with van der Waals surface area (Å²) in [5.41, 5.74) is 2.35. The van der Waals surface area contributed by atoms with Crippen LogP contribution in [0.3, 0.4) is 0 Å². The second-order valence-corrected chi connectivity index (χ2v) is 7.81. The van der Waals surface area contributed by atoms with Crippen molar-refractivity contribution in [3.63, 3.8) is 0 Å². The summed E-state index contributed by atoms with van der Waals surface area (Å²) in [4.78, 5) is 34.6. The minimum atomic E-state index is -0.329. The first kappa shape index (κ1) is 20.1. The van der Waals surface area contributed by atoms with E-state index in [0.717, 1.165) is 29.7 Å². The molecule has 158 valence electrons. The van der Waals surface area contributed by atoms with Crippen molar-refractivity contribution in [2.45, 2.75) is 52.1 Å². The van der Waals surface area contributed by atoms with Crippen molar-refractivity contribution in [3.8, 4) is 0 Å². The molecule has 8 heteroatoms. The average Bonchev–Trinajstić information content (AvgIpc) is 3.30. The topological polar surface area (TPSA) is 79.6 Å². The molecule has 0 aliphatic heterocycles. The first-order valence-corrected chi connectivity index (χ1v) is 10.6. The predicted octanol–water partition coefficient (Wildman–Crippen LogP) is 2.61. The molecule has 4 rings (SSSR count). The lowest BCUT2D eigenvalue weighted by Gasteiger charge is -2.11. The highest BCUT2D eigenvalue weighted by atomic mass is 16.2. The molecule has 0 saturated heterocycles. The van der Waals surface area contributed by atoms with Gasteiger partial charge in [-0.1, -0.05) is 31.9 Å². The lowest BCUT2D eigenvalue weighted by molar-refractivity contribution is 0.518. The normalized spacial score (nSPS) is 11.7. The van der Waals surface area contributed by atoms with Crippen molar-refractivity contribution in [2.75, 3.05) is 0 Å². The van der Waals surface area contributed by atoms with E-state index >= 15 is 0 Å². The molecule has 0 aliphatic rings. The van der Waals surface area contributed by atoms with E-state index in [1.165, 1.54) is 22.0 Å². The monoisotopic (exact) mass is 408 g/mol. The molecule has 0 fully saturated rings. The van der Waals surface area contributed by atoms with Crippen LogP contribution in [-0.4, -0.2) is 28.2 Å². The van der Waals surface area contributed by atoms with Gasteiger partial charge in [0.2, 0.25) is 0 Å². The van der Waals surface area contributed by atoms with Crippen molar-refractivity contribution in [2.24, 2.45) is 14.1 Å². The summed E-state index contributed by atoms with van der Waals surface area (Å²) in [6.07, 6.45) is 6.63. The number of hydrogen-bond acceptors (Lipinski definition) is 4. The number of hydrogen-bond donors (Lipinski definition) is 0. The molecular weight excluding hydrogens is 380 g/mol. The van der Waals surface area contributed by atoms with Gasteiger partial charge in [-0.25, -0.2) is 14.8 Å². The van der Waals surface area contributed by atoms with Crippen molar-refractivity contribution >= 4 is 22.2 Å². The fraction of sp³-hybridized carbons (Fsp3) is 0.455. The van der Waals surface area contributed by atoms with Gasteiger partial charge in [-0.2, -0.15) is 0 Å². The Balaban J connectivity index is 1.61. The Kier molecular flexibility index (Phi) is 5.57. The molecule has 4 aromatic rings. The first-order valence-electron chi connectivity index (χ1n) is 10.6. The molecule has 0 unspecified atom stereocenters. The lowest BCUT2D eigenvalue weighted by Crippen LogP contribution is -2.39. The van der Waals surface area contributed by atoms with E-state index in [1.807, 2.05) is 18.2 Å². The van der Waals surface area contributed by atoms with Crippen LogP contribution in [0.5, 0.6) is 0 Å². The van der Waals surface area contributed by atoms with Gasteiger partial charge in [0.1, 0.15) is 5.82 Å². The summed E-state index contributed by atoms with van der Waals surface area (Å²) in [5, 5.41) is 0. The maximum atomic E-state index is 12.9. The van der Waals surface area contributed by atoms with Gasteiger partial charge in [-0.15, -0.1) is 0 Å². The molecule has 0 aliphatic carbocycles. The van der Waals surface area contributed by atoms with Crippen LogP contribution in [0.1, 0.15) is 38.4 Å². The molecule has 3 heterocycles. The number of unbranched alkanes of at least 4 members (excludes halogenated alkanes) is 2. The number of para-hydroxylation sites is 2. The molecule has 0 bridgehead atoms.